The standard InChI is InChI=1S/C15H24O3Si/c1-4-19(5-2,6-3)18-14(15(16)17)12-13-10-8-7-9-11-13/h7-11,14H,4-6,12H2,1-3H3,(H,16,17). The number of hydrogen-bond donors (Lipinski definition) is 1. The van der Waals surface area contributed by atoms with Gasteiger partial charge in [-0.3, -0.25) is 0 Å². The molecule has 0 aliphatic heterocycles. The maximum Gasteiger partial charge on any atom is 0.331 e. The van der Waals surface area contributed by atoms with E-state index in [4.69, 9.17) is 4.43 Å². The number of carboxylic acid groups (broad SMARTS) is 1. The molecule has 0 amide bonds. The summed E-state index contributed by atoms with van der Waals surface area (Å²) in [5.74, 6) is -0.851. The number of carbonyl (C=O) groups is 1. The second kappa shape index (κ2) is 7.45. The van der Waals surface area contributed by atoms with E-state index in [1.165, 1.54) is 0 Å². The zero-order valence-corrected chi connectivity index (χ0v) is 13.1. The molecule has 0 fully saturated rings. The summed E-state index contributed by atoms with van der Waals surface area (Å²) in [4.78, 5) is 11.4. The minimum Gasteiger partial charge on any atom is -0.479 e. The number of aliphatic carboxylic acids is 1. The first-order valence-corrected chi connectivity index (χ1v) is 9.54. The molecule has 4 heteroatoms. The molecule has 1 atom stereocenters. The highest BCUT2D eigenvalue weighted by molar-refractivity contribution is 6.73. The van der Waals surface area contributed by atoms with Crippen LogP contribution in [0.4, 0.5) is 0 Å². The number of hydrogen-bond acceptors (Lipinski definition) is 2. The average molecular weight is 280 g/mol. The Labute approximate surface area is 116 Å². The molecular weight excluding hydrogens is 256 g/mol. The van der Waals surface area contributed by atoms with Gasteiger partial charge in [-0.15, -0.1) is 0 Å². The van der Waals surface area contributed by atoms with Crippen molar-refractivity contribution >= 4 is 14.3 Å². The minimum atomic E-state index is -1.88. The van der Waals surface area contributed by atoms with Crippen molar-refractivity contribution in [2.24, 2.45) is 0 Å². The Balaban J connectivity index is 2.81. The molecule has 1 aromatic carbocycles. The maximum atomic E-state index is 11.4. The van der Waals surface area contributed by atoms with Crippen LogP contribution in [0.15, 0.2) is 30.3 Å². The van der Waals surface area contributed by atoms with Crippen LogP contribution >= 0.6 is 0 Å². The van der Waals surface area contributed by atoms with Crippen molar-refractivity contribution in [3.8, 4) is 0 Å². The molecule has 0 aliphatic carbocycles. The third-order valence-corrected chi connectivity index (χ3v) is 8.52. The van der Waals surface area contributed by atoms with E-state index < -0.39 is 20.4 Å². The molecule has 0 spiro atoms. The predicted octanol–water partition coefficient (Wildman–Crippen LogP) is 3.70. The van der Waals surface area contributed by atoms with Crippen LogP contribution in [0.1, 0.15) is 26.3 Å². The van der Waals surface area contributed by atoms with E-state index >= 15 is 0 Å². The lowest BCUT2D eigenvalue weighted by molar-refractivity contribution is -0.145. The second-order valence-corrected chi connectivity index (χ2v) is 9.60. The summed E-state index contributed by atoms with van der Waals surface area (Å²) in [5, 5.41) is 9.38. The zero-order chi connectivity index (χ0) is 14.3. The monoisotopic (exact) mass is 280 g/mol. The highest BCUT2D eigenvalue weighted by Gasteiger charge is 2.34. The van der Waals surface area contributed by atoms with Crippen LogP contribution in [0.5, 0.6) is 0 Å². The Hall–Kier alpha value is -1.13. The van der Waals surface area contributed by atoms with Gasteiger partial charge in [-0.05, 0) is 23.7 Å². The Kier molecular flexibility index (Phi) is 6.25. The van der Waals surface area contributed by atoms with E-state index in [9.17, 15) is 9.90 Å². The summed E-state index contributed by atoms with van der Waals surface area (Å²) in [7, 11) is -1.88. The maximum absolute atomic E-state index is 11.4. The summed E-state index contributed by atoms with van der Waals surface area (Å²) in [6.45, 7) is 6.34. The van der Waals surface area contributed by atoms with E-state index in [0.717, 1.165) is 23.7 Å². The van der Waals surface area contributed by atoms with Crippen LogP contribution in [0.2, 0.25) is 18.1 Å². The Morgan fingerprint density at radius 1 is 1.16 bits per heavy atom. The molecule has 0 aromatic heterocycles. The molecular formula is C15H24O3Si. The fourth-order valence-electron chi connectivity index (χ4n) is 2.31. The second-order valence-electron chi connectivity index (χ2n) is 4.88. The number of carboxylic acids is 1. The molecule has 1 N–H and O–H groups in total. The van der Waals surface area contributed by atoms with Crippen molar-refractivity contribution in [1.82, 2.24) is 0 Å². The highest BCUT2D eigenvalue weighted by atomic mass is 28.4. The molecule has 1 unspecified atom stereocenters. The Morgan fingerprint density at radius 2 is 1.68 bits per heavy atom. The van der Waals surface area contributed by atoms with Crippen LogP contribution in [0.3, 0.4) is 0 Å². The molecule has 0 heterocycles. The number of rotatable bonds is 8. The van der Waals surface area contributed by atoms with Gasteiger partial charge in [-0.1, -0.05) is 51.1 Å². The normalized spacial score (nSPS) is 13.2. The third kappa shape index (κ3) is 4.47. The van der Waals surface area contributed by atoms with Crippen molar-refractivity contribution in [3.63, 3.8) is 0 Å². The van der Waals surface area contributed by atoms with Crippen LogP contribution in [0.25, 0.3) is 0 Å². The van der Waals surface area contributed by atoms with Crippen molar-refractivity contribution in [3.05, 3.63) is 35.9 Å². The van der Waals surface area contributed by atoms with E-state index in [1.807, 2.05) is 30.3 Å². The topological polar surface area (TPSA) is 46.5 Å². The smallest absolute Gasteiger partial charge is 0.331 e. The molecule has 0 radical (unpaired) electrons. The summed E-state index contributed by atoms with van der Waals surface area (Å²) in [5.41, 5.74) is 1.01. The van der Waals surface area contributed by atoms with E-state index in [-0.39, 0.29) is 0 Å². The van der Waals surface area contributed by atoms with Gasteiger partial charge in [0, 0.05) is 6.42 Å². The summed E-state index contributed by atoms with van der Waals surface area (Å²) in [6, 6.07) is 12.6. The van der Waals surface area contributed by atoms with E-state index in [0.29, 0.717) is 6.42 Å². The highest BCUT2D eigenvalue weighted by Crippen LogP contribution is 2.24. The van der Waals surface area contributed by atoms with Gasteiger partial charge in [-0.2, -0.15) is 0 Å². The van der Waals surface area contributed by atoms with Gasteiger partial charge in [0.05, 0.1) is 0 Å². The fraction of sp³-hybridized carbons (Fsp3) is 0.533. The number of benzene rings is 1. The van der Waals surface area contributed by atoms with E-state index in [2.05, 4.69) is 20.8 Å². The Morgan fingerprint density at radius 3 is 2.11 bits per heavy atom. The van der Waals surface area contributed by atoms with Gasteiger partial charge in [0.1, 0.15) is 6.10 Å². The SMILES string of the molecule is CC[Si](CC)(CC)OC(Cc1ccccc1)C(=O)O. The van der Waals surface area contributed by atoms with E-state index in [1.54, 1.807) is 0 Å². The predicted molar refractivity (Wildman–Crippen MR) is 79.9 cm³/mol. The summed E-state index contributed by atoms with van der Waals surface area (Å²) < 4.78 is 6.09. The van der Waals surface area contributed by atoms with Crippen LogP contribution in [-0.2, 0) is 15.6 Å². The molecule has 0 saturated carbocycles. The lowest BCUT2D eigenvalue weighted by atomic mass is 10.1. The van der Waals surface area contributed by atoms with Crippen molar-refractivity contribution < 1.29 is 14.3 Å². The van der Waals surface area contributed by atoms with Crippen molar-refractivity contribution in [2.75, 3.05) is 0 Å². The summed E-state index contributed by atoms with van der Waals surface area (Å²) >= 11 is 0. The molecule has 0 saturated heterocycles. The first-order valence-electron chi connectivity index (χ1n) is 7.01. The van der Waals surface area contributed by atoms with Gasteiger partial charge in [0.2, 0.25) is 0 Å². The fourth-order valence-corrected chi connectivity index (χ4v) is 5.10. The van der Waals surface area contributed by atoms with Gasteiger partial charge in [0.25, 0.3) is 0 Å². The van der Waals surface area contributed by atoms with Crippen LogP contribution < -0.4 is 0 Å². The van der Waals surface area contributed by atoms with Gasteiger partial charge >= 0.3 is 5.97 Å². The molecule has 106 valence electrons. The van der Waals surface area contributed by atoms with Gasteiger partial charge in [-0.25, -0.2) is 4.79 Å². The van der Waals surface area contributed by atoms with Crippen LogP contribution in [-0.4, -0.2) is 25.5 Å². The first kappa shape index (κ1) is 15.9. The third-order valence-electron chi connectivity index (χ3n) is 3.86. The zero-order valence-electron chi connectivity index (χ0n) is 12.1. The molecule has 1 aromatic rings. The lowest BCUT2D eigenvalue weighted by Crippen LogP contribution is -2.43. The molecule has 0 aliphatic rings. The lowest BCUT2D eigenvalue weighted by Gasteiger charge is -2.31. The Bertz CT molecular complexity index is 379. The first-order chi connectivity index (χ1) is 9.06. The summed E-state index contributed by atoms with van der Waals surface area (Å²) in [6.07, 6.45) is -0.265. The minimum absolute atomic E-state index is 0.449. The quantitative estimate of drug-likeness (QED) is 0.738. The molecule has 3 nitrogen and oxygen atoms in total. The van der Waals surface area contributed by atoms with Crippen molar-refractivity contribution in [1.29, 1.82) is 0 Å². The molecule has 0 bridgehead atoms. The molecule has 1 rings (SSSR count). The van der Waals surface area contributed by atoms with Gasteiger partial charge in [0.15, 0.2) is 8.32 Å². The van der Waals surface area contributed by atoms with Gasteiger partial charge < -0.3 is 9.53 Å². The van der Waals surface area contributed by atoms with Crippen LogP contribution in [0, 0.1) is 0 Å². The average Bonchev–Trinajstić information content (AvgIpc) is 2.45. The molecule has 19 heavy (non-hydrogen) atoms. The largest absolute Gasteiger partial charge is 0.479 e. The van der Waals surface area contributed by atoms with Crippen molar-refractivity contribution in [2.45, 2.75) is 51.4 Å².